The molecule has 1 aromatic heterocycles. The Kier molecular flexibility index (Phi) is 10.3. The number of aromatic nitrogens is 2. The van der Waals surface area contributed by atoms with Crippen molar-refractivity contribution in [3.63, 3.8) is 0 Å². The van der Waals surface area contributed by atoms with E-state index in [1.807, 2.05) is 25.1 Å². The second-order valence-electron chi connectivity index (χ2n) is 5.47. The maximum atomic E-state index is 6.25. The van der Waals surface area contributed by atoms with Crippen LogP contribution < -0.4 is 15.4 Å². The first-order valence-corrected chi connectivity index (χ1v) is 8.56. The van der Waals surface area contributed by atoms with Gasteiger partial charge in [0.15, 0.2) is 11.8 Å². The van der Waals surface area contributed by atoms with Crippen LogP contribution in [0.3, 0.4) is 0 Å². The number of rotatable bonds is 8. The van der Waals surface area contributed by atoms with Crippen molar-refractivity contribution in [1.82, 2.24) is 20.8 Å². The Balaban J connectivity index is 0.00000338. The largest absolute Gasteiger partial charge is 0.497 e. The predicted octanol–water partition coefficient (Wildman–Crippen LogP) is 3.00. The van der Waals surface area contributed by atoms with Crippen molar-refractivity contribution >= 4 is 41.5 Å². The van der Waals surface area contributed by atoms with Gasteiger partial charge in [0, 0.05) is 31.6 Å². The highest BCUT2D eigenvalue weighted by Crippen LogP contribution is 2.22. The van der Waals surface area contributed by atoms with Gasteiger partial charge in [-0.2, -0.15) is 4.98 Å². The quantitative estimate of drug-likeness (QED) is 0.255. The van der Waals surface area contributed by atoms with E-state index >= 15 is 0 Å². The molecule has 2 N–H and O–H groups in total. The van der Waals surface area contributed by atoms with Gasteiger partial charge in [0.2, 0.25) is 5.89 Å². The topological polar surface area (TPSA) is 84.6 Å². The van der Waals surface area contributed by atoms with Crippen molar-refractivity contribution in [3.05, 3.63) is 40.5 Å². The van der Waals surface area contributed by atoms with Crippen LogP contribution in [0.1, 0.15) is 23.7 Å². The molecule has 0 saturated carbocycles. The Morgan fingerprint density at radius 3 is 2.65 bits per heavy atom. The van der Waals surface area contributed by atoms with Crippen LogP contribution >= 0.6 is 35.6 Å². The molecule has 0 fully saturated rings. The summed E-state index contributed by atoms with van der Waals surface area (Å²) in [4.78, 5) is 8.39. The molecule has 0 unspecified atom stereocenters. The maximum Gasteiger partial charge on any atom is 0.226 e. The summed E-state index contributed by atoms with van der Waals surface area (Å²) in [5.74, 6) is 2.84. The Bertz CT molecular complexity index is 708. The van der Waals surface area contributed by atoms with Gasteiger partial charge < -0.3 is 19.9 Å². The molecule has 1 aromatic carbocycles. The minimum absolute atomic E-state index is 0. The maximum absolute atomic E-state index is 6.25. The molecule has 2 aromatic rings. The van der Waals surface area contributed by atoms with Crippen molar-refractivity contribution in [2.45, 2.75) is 26.2 Å². The van der Waals surface area contributed by atoms with Gasteiger partial charge >= 0.3 is 0 Å². The number of benzene rings is 1. The fourth-order valence-corrected chi connectivity index (χ4v) is 2.55. The summed E-state index contributed by atoms with van der Waals surface area (Å²) in [7, 11) is 3.37. The summed E-state index contributed by atoms with van der Waals surface area (Å²) in [6.45, 7) is 3.31. The number of methoxy groups -OCH3 is 1. The van der Waals surface area contributed by atoms with Gasteiger partial charge in [-0.1, -0.05) is 22.8 Å². The first-order valence-electron chi connectivity index (χ1n) is 8.18. The van der Waals surface area contributed by atoms with Gasteiger partial charge in [0.25, 0.3) is 0 Å². The van der Waals surface area contributed by atoms with Gasteiger partial charge in [0.1, 0.15) is 5.75 Å². The molecule has 26 heavy (non-hydrogen) atoms. The first-order chi connectivity index (χ1) is 12.1. The molecule has 2 rings (SSSR count). The van der Waals surface area contributed by atoms with Crippen LogP contribution in [0, 0.1) is 6.92 Å². The zero-order chi connectivity index (χ0) is 18.1. The highest BCUT2D eigenvalue weighted by molar-refractivity contribution is 14.0. The Morgan fingerprint density at radius 1 is 1.27 bits per heavy atom. The Labute approximate surface area is 176 Å². The number of halogens is 2. The van der Waals surface area contributed by atoms with E-state index in [4.69, 9.17) is 20.9 Å². The van der Waals surface area contributed by atoms with Gasteiger partial charge in [-0.05, 0) is 37.5 Å². The summed E-state index contributed by atoms with van der Waals surface area (Å²) >= 11 is 6.25. The average molecular weight is 494 g/mol. The third-order valence-corrected chi connectivity index (χ3v) is 3.95. The normalized spacial score (nSPS) is 11.0. The second kappa shape index (κ2) is 11.9. The minimum Gasteiger partial charge on any atom is -0.497 e. The van der Waals surface area contributed by atoms with Crippen LogP contribution in [0.15, 0.2) is 27.7 Å². The number of ether oxygens (including phenoxy) is 1. The summed E-state index contributed by atoms with van der Waals surface area (Å²) < 4.78 is 10.2. The zero-order valence-corrected chi connectivity index (χ0v) is 18.3. The molecule has 0 bridgehead atoms. The number of nitrogens with one attached hydrogen (secondary N) is 2. The molecule has 0 saturated heterocycles. The highest BCUT2D eigenvalue weighted by atomic mass is 127. The van der Waals surface area contributed by atoms with Crippen molar-refractivity contribution in [3.8, 4) is 5.75 Å². The van der Waals surface area contributed by atoms with Crippen molar-refractivity contribution < 1.29 is 9.26 Å². The van der Waals surface area contributed by atoms with E-state index in [-0.39, 0.29) is 24.0 Å². The lowest BCUT2D eigenvalue weighted by Gasteiger charge is -2.12. The molecule has 7 nitrogen and oxygen atoms in total. The van der Waals surface area contributed by atoms with Crippen molar-refractivity contribution in [2.24, 2.45) is 4.99 Å². The second-order valence-corrected chi connectivity index (χ2v) is 5.88. The number of nitrogens with zero attached hydrogens (tertiary/aromatic N) is 3. The van der Waals surface area contributed by atoms with E-state index < -0.39 is 0 Å². The van der Waals surface area contributed by atoms with Gasteiger partial charge in [0.05, 0.1) is 7.11 Å². The number of guanidine groups is 1. The van der Waals surface area contributed by atoms with E-state index in [2.05, 4.69) is 25.8 Å². The summed E-state index contributed by atoms with van der Waals surface area (Å²) in [6.07, 6.45) is 2.42. The van der Waals surface area contributed by atoms with Crippen LogP contribution in [-0.2, 0) is 12.8 Å². The van der Waals surface area contributed by atoms with Crippen LogP contribution in [0.2, 0.25) is 5.02 Å². The third kappa shape index (κ3) is 7.36. The van der Waals surface area contributed by atoms with Crippen molar-refractivity contribution in [1.29, 1.82) is 0 Å². The zero-order valence-electron chi connectivity index (χ0n) is 15.2. The predicted molar refractivity (Wildman–Crippen MR) is 114 cm³/mol. The molecule has 0 radical (unpaired) electrons. The summed E-state index contributed by atoms with van der Waals surface area (Å²) in [5, 5.41) is 11.0. The molecular weight excluding hydrogens is 469 g/mol. The third-order valence-electron chi connectivity index (χ3n) is 3.60. The van der Waals surface area contributed by atoms with Crippen molar-refractivity contribution in [2.75, 3.05) is 27.2 Å². The SMILES string of the molecule is CN=C(NCCCc1nc(C)no1)NCCc1ccc(OC)cc1Cl.I. The Morgan fingerprint density at radius 2 is 2.04 bits per heavy atom. The molecule has 0 aliphatic rings. The first kappa shape index (κ1) is 22.5. The molecule has 0 aliphatic heterocycles. The molecule has 0 amide bonds. The molecule has 1 heterocycles. The van der Waals surface area contributed by atoms with Gasteiger partial charge in [-0.3, -0.25) is 4.99 Å². The van der Waals surface area contributed by atoms with Gasteiger partial charge in [-0.15, -0.1) is 24.0 Å². The van der Waals surface area contributed by atoms with Crippen LogP contribution in [0.5, 0.6) is 5.75 Å². The highest BCUT2D eigenvalue weighted by Gasteiger charge is 2.05. The molecule has 144 valence electrons. The molecule has 0 aliphatic carbocycles. The van der Waals surface area contributed by atoms with E-state index in [0.29, 0.717) is 16.7 Å². The number of aryl methyl sites for hydroxylation is 2. The standard InChI is InChI=1S/C17H24ClN5O2.HI/c1-12-22-16(25-23-12)5-4-9-20-17(19-2)21-10-8-13-6-7-14(24-3)11-15(13)18;/h6-7,11H,4-5,8-10H2,1-3H3,(H2,19,20,21);1H. The lowest BCUT2D eigenvalue weighted by atomic mass is 10.1. The fraction of sp³-hybridized carbons (Fsp3) is 0.471. The number of hydrogen-bond donors (Lipinski definition) is 2. The van der Waals surface area contributed by atoms with E-state index in [1.54, 1.807) is 14.2 Å². The smallest absolute Gasteiger partial charge is 0.226 e. The minimum atomic E-state index is 0. The average Bonchev–Trinajstić information content (AvgIpc) is 3.03. The van der Waals surface area contributed by atoms with Crippen LogP contribution in [0.25, 0.3) is 0 Å². The van der Waals surface area contributed by atoms with Crippen LogP contribution in [0.4, 0.5) is 0 Å². The van der Waals surface area contributed by atoms with E-state index in [9.17, 15) is 0 Å². The van der Waals surface area contributed by atoms with E-state index in [1.165, 1.54) is 0 Å². The van der Waals surface area contributed by atoms with Gasteiger partial charge in [-0.25, -0.2) is 0 Å². The monoisotopic (exact) mass is 493 g/mol. The summed E-state index contributed by atoms with van der Waals surface area (Å²) in [5.41, 5.74) is 1.07. The van der Waals surface area contributed by atoms with E-state index in [0.717, 1.165) is 49.6 Å². The molecule has 0 spiro atoms. The van der Waals surface area contributed by atoms with Crippen LogP contribution in [-0.4, -0.2) is 43.3 Å². The molecule has 9 heteroatoms. The number of hydrogen-bond acceptors (Lipinski definition) is 5. The molecular formula is C17H25ClIN5O2. The lowest BCUT2D eigenvalue weighted by Crippen LogP contribution is -2.38. The lowest BCUT2D eigenvalue weighted by molar-refractivity contribution is 0.372. The Hall–Kier alpha value is -1.55. The fourth-order valence-electron chi connectivity index (χ4n) is 2.28. The number of aliphatic imine (C=N–C) groups is 1. The molecule has 0 atom stereocenters. The summed E-state index contributed by atoms with van der Waals surface area (Å²) in [6, 6.07) is 5.71.